The molecular weight excluding hydrogens is 566 g/mol. The molecule has 10 aromatic rings. The van der Waals surface area contributed by atoms with Crippen LogP contribution in [0.5, 0.6) is 0 Å². The van der Waals surface area contributed by atoms with Gasteiger partial charge in [0, 0.05) is 32.9 Å². The minimum atomic E-state index is 0.796. The van der Waals surface area contributed by atoms with Crippen molar-refractivity contribution in [2.75, 3.05) is 4.90 Å². The summed E-state index contributed by atoms with van der Waals surface area (Å²) in [5.41, 5.74) is 10.4. The summed E-state index contributed by atoms with van der Waals surface area (Å²) in [6.45, 7) is 0. The van der Waals surface area contributed by atoms with Gasteiger partial charge in [-0.15, -0.1) is 0 Å². The number of hydrogen-bond acceptors (Lipinski definition) is 4. The zero-order valence-corrected chi connectivity index (χ0v) is 24.6. The third-order valence-corrected chi connectivity index (χ3v) is 9.07. The first-order valence-corrected chi connectivity index (χ1v) is 15.4. The first-order valence-electron chi connectivity index (χ1n) is 15.4. The van der Waals surface area contributed by atoms with Gasteiger partial charge in [0.05, 0.1) is 16.5 Å². The van der Waals surface area contributed by atoms with Gasteiger partial charge in [-0.05, 0) is 77.9 Å². The summed E-state index contributed by atoms with van der Waals surface area (Å²) in [6, 6.07) is 52.5. The second kappa shape index (κ2) is 9.62. The quantitative estimate of drug-likeness (QED) is 0.204. The highest BCUT2D eigenvalue weighted by Crippen LogP contribution is 2.47. The van der Waals surface area contributed by atoms with Crippen molar-refractivity contribution in [1.82, 2.24) is 0 Å². The second-order valence-corrected chi connectivity index (χ2v) is 11.7. The molecule has 0 aliphatic heterocycles. The molecule has 0 fully saturated rings. The largest absolute Gasteiger partial charge is 0.456 e. The molecular formula is C42H25NO3. The van der Waals surface area contributed by atoms with Crippen molar-refractivity contribution >= 4 is 82.9 Å². The Morgan fingerprint density at radius 2 is 0.935 bits per heavy atom. The van der Waals surface area contributed by atoms with Gasteiger partial charge < -0.3 is 18.2 Å². The highest BCUT2D eigenvalue weighted by Gasteiger charge is 2.23. The number of benzene rings is 7. The maximum atomic E-state index is 6.55. The Balaban J connectivity index is 1.27. The fraction of sp³-hybridized carbons (Fsp3) is 0. The normalized spacial score (nSPS) is 11.9. The summed E-state index contributed by atoms with van der Waals surface area (Å²) in [4.78, 5) is 2.31. The molecule has 0 saturated carbocycles. The Kier molecular flexibility index (Phi) is 5.25. The molecule has 7 aromatic carbocycles. The van der Waals surface area contributed by atoms with Gasteiger partial charge in [0.2, 0.25) is 0 Å². The van der Waals surface area contributed by atoms with Gasteiger partial charge in [-0.2, -0.15) is 0 Å². The first-order chi connectivity index (χ1) is 22.8. The topological polar surface area (TPSA) is 42.7 Å². The van der Waals surface area contributed by atoms with Crippen molar-refractivity contribution in [3.8, 4) is 11.1 Å². The summed E-state index contributed by atoms with van der Waals surface area (Å²) < 4.78 is 19.3. The van der Waals surface area contributed by atoms with Gasteiger partial charge in [-0.1, -0.05) is 84.9 Å². The van der Waals surface area contributed by atoms with Crippen molar-refractivity contribution in [2.45, 2.75) is 0 Å². The molecule has 4 heteroatoms. The fourth-order valence-electron chi connectivity index (χ4n) is 6.97. The second-order valence-electron chi connectivity index (χ2n) is 11.7. The van der Waals surface area contributed by atoms with Crippen molar-refractivity contribution in [2.24, 2.45) is 0 Å². The fourth-order valence-corrected chi connectivity index (χ4v) is 6.97. The number of furan rings is 3. The van der Waals surface area contributed by atoms with E-state index in [9.17, 15) is 0 Å². The van der Waals surface area contributed by atoms with Gasteiger partial charge in [0.1, 0.15) is 33.5 Å². The lowest BCUT2D eigenvalue weighted by molar-refractivity contribution is 0.662. The van der Waals surface area contributed by atoms with Crippen molar-refractivity contribution in [3.63, 3.8) is 0 Å². The molecule has 0 spiro atoms. The van der Waals surface area contributed by atoms with E-state index in [0.29, 0.717) is 0 Å². The van der Waals surface area contributed by atoms with E-state index in [1.165, 1.54) is 5.56 Å². The van der Waals surface area contributed by atoms with E-state index in [4.69, 9.17) is 13.3 Å². The molecule has 0 radical (unpaired) electrons. The van der Waals surface area contributed by atoms with E-state index in [-0.39, 0.29) is 0 Å². The molecule has 3 heterocycles. The molecule has 4 nitrogen and oxygen atoms in total. The number of nitrogens with zero attached hydrogens (tertiary/aromatic N) is 1. The Labute approximate surface area is 263 Å². The van der Waals surface area contributed by atoms with Crippen LogP contribution in [0.3, 0.4) is 0 Å². The van der Waals surface area contributed by atoms with Crippen LogP contribution in [0.25, 0.3) is 76.9 Å². The summed E-state index contributed by atoms with van der Waals surface area (Å²) in [5, 5.41) is 6.31. The molecule has 0 aliphatic carbocycles. The van der Waals surface area contributed by atoms with Crippen LogP contribution < -0.4 is 4.90 Å². The summed E-state index contributed by atoms with van der Waals surface area (Å²) in [7, 11) is 0. The van der Waals surface area contributed by atoms with Crippen LogP contribution in [0.2, 0.25) is 0 Å². The lowest BCUT2D eigenvalue weighted by Gasteiger charge is -2.26. The van der Waals surface area contributed by atoms with Crippen molar-refractivity contribution in [3.05, 3.63) is 152 Å². The Bertz CT molecular complexity index is 2750. The molecule has 10 rings (SSSR count). The maximum absolute atomic E-state index is 6.55. The van der Waals surface area contributed by atoms with E-state index in [0.717, 1.165) is 88.4 Å². The van der Waals surface area contributed by atoms with Gasteiger partial charge in [0.15, 0.2) is 0 Å². The average molecular weight is 592 g/mol. The smallest absolute Gasteiger partial charge is 0.147 e. The van der Waals surface area contributed by atoms with Crippen LogP contribution in [0.15, 0.2) is 165 Å². The summed E-state index contributed by atoms with van der Waals surface area (Å²) >= 11 is 0. The van der Waals surface area contributed by atoms with Crippen LogP contribution in [0, 0.1) is 0 Å². The monoisotopic (exact) mass is 591 g/mol. The lowest BCUT2D eigenvalue weighted by atomic mass is 10.0. The van der Waals surface area contributed by atoms with Crippen LogP contribution in [0.1, 0.15) is 0 Å². The third kappa shape index (κ3) is 3.67. The standard InChI is InChI=1S/C42H25NO3/c1-2-9-26(10-3-1)27-17-19-28(20-18-27)43(29-21-23-37-33(25-29)31-12-5-6-14-35(31)44-37)34-13-8-16-38-40(34)41-39(45-38)24-22-32-30-11-4-7-15-36(30)46-42(32)41/h1-25H. The molecule has 0 amide bonds. The van der Waals surface area contributed by atoms with Crippen molar-refractivity contribution < 1.29 is 13.3 Å². The number of fused-ring (bicyclic) bond motifs is 10. The number of anilines is 3. The maximum Gasteiger partial charge on any atom is 0.147 e. The van der Waals surface area contributed by atoms with Gasteiger partial charge in [-0.25, -0.2) is 0 Å². The summed E-state index contributed by atoms with van der Waals surface area (Å²) in [6.07, 6.45) is 0. The Morgan fingerprint density at radius 1 is 0.348 bits per heavy atom. The molecule has 216 valence electrons. The zero-order chi connectivity index (χ0) is 30.2. The molecule has 3 aromatic heterocycles. The molecule has 0 aliphatic rings. The number of rotatable bonds is 4. The molecule has 0 N–H and O–H groups in total. The Hall–Kier alpha value is -6.26. The van der Waals surface area contributed by atoms with Gasteiger partial charge in [-0.3, -0.25) is 0 Å². The van der Waals surface area contributed by atoms with Gasteiger partial charge in [0.25, 0.3) is 0 Å². The van der Waals surface area contributed by atoms with E-state index in [1.54, 1.807) is 0 Å². The number of para-hydroxylation sites is 2. The SMILES string of the molecule is c1ccc(-c2ccc(N(c3ccc4oc5ccccc5c4c3)c3cccc4oc5ccc6c7ccccc7oc6c5c34)cc2)cc1. The minimum absolute atomic E-state index is 0.796. The van der Waals surface area contributed by atoms with E-state index >= 15 is 0 Å². The Morgan fingerprint density at radius 3 is 1.76 bits per heavy atom. The lowest BCUT2D eigenvalue weighted by Crippen LogP contribution is -2.10. The molecule has 0 atom stereocenters. The van der Waals surface area contributed by atoms with Gasteiger partial charge >= 0.3 is 0 Å². The first kappa shape index (κ1) is 25.1. The predicted octanol–water partition coefficient (Wildman–Crippen LogP) is 12.5. The van der Waals surface area contributed by atoms with Crippen LogP contribution in [0.4, 0.5) is 17.1 Å². The van der Waals surface area contributed by atoms with Crippen LogP contribution in [-0.4, -0.2) is 0 Å². The highest BCUT2D eigenvalue weighted by atomic mass is 16.3. The molecule has 0 unspecified atom stereocenters. The summed E-state index contributed by atoms with van der Waals surface area (Å²) in [5.74, 6) is 0. The molecule has 0 bridgehead atoms. The van der Waals surface area contributed by atoms with Crippen molar-refractivity contribution in [1.29, 1.82) is 0 Å². The van der Waals surface area contributed by atoms with Crippen LogP contribution >= 0.6 is 0 Å². The van der Waals surface area contributed by atoms with E-state index < -0.39 is 0 Å². The average Bonchev–Trinajstić information content (AvgIpc) is 3.80. The highest BCUT2D eigenvalue weighted by molar-refractivity contribution is 6.25. The van der Waals surface area contributed by atoms with E-state index in [1.807, 2.05) is 36.4 Å². The predicted molar refractivity (Wildman–Crippen MR) is 188 cm³/mol. The minimum Gasteiger partial charge on any atom is -0.456 e. The van der Waals surface area contributed by atoms with Crippen LogP contribution in [-0.2, 0) is 0 Å². The third-order valence-electron chi connectivity index (χ3n) is 9.07. The van der Waals surface area contributed by atoms with E-state index in [2.05, 4.69) is 120 Å². The molecule has 0 saturated heterocycles. The zero-order valence-electron chi connectivity index (χ0n) is 24.6. The number of hydrogen-bond donors (Lipinski definition) is 0. The molecule has 46 heavy (non-hydrogen) atoms.